The van der Waals surface area contributed by atoms with Crippen molar-refractivity contribution in [1.29, 1.82) is 5.41 Å². The Balaban J connectivity index is 2.81. The van der Waals surface area contributed by atoms with Crippen LogP contribution in [0.5, 0.6) is 0 Å². The van der Waals surface area contributed by atoms with Gasteiger partial charge in [0.25, 0.3) is 0 Å². The van der Waals surface area contributed by atoms with Crippen molar-refractivity contribution in [3.8, 4) is 0 Å². The molecule has 0 fully saturated rings. The molecule has 5 N–H and O–H groups in total. The van der Waals surface area contributed by atoms with Crippen molar-refractivity contribution in [2.24, 2.45) is 16.5 Å². The van der Waals surface area contributed by atoms with Crippen LogP contribution >= 0.6 is 27.7 Å². The highest BCUT2D eigenvalue weighted by molar-refractivity contribution is 9.10. The molecule has 18 heavy (non-hydrogen) atoms. The SMILES string of the molecule is CCc1nn(CC)c(CSC(=N)N=C(N)N)c1Br. The second-order valence-electron chi connectivity index (χ2n) is 3.51. The Labute approximate surface area is 119 Å². The Morgan fingerprint density at radius 1 is 1.50 bits per heavy atom. The molecule has 0 aliphatic rings. The number of rotatable bonds is 4. The first-order valence-corrected chi connectivity index (χ1v) is 7.32. The van der Waals surface area contributed by atoms with Crippen molar-refractivity contribution in [3.63, 3.8) is 0 Å². The quantitative estimate of drug-likeness (QED) is 0.575. The van der Waals surface area contributed by atoms with Crippen LogP contribution in [0, 0.1) is 5.41 Å². The van der Waals surface area contributed by atoms with Gasteiger partial charge in [-0.05, 0) is 29.3 Å². The number of guanidine groups is 1. The average Bonchev–Trinajstić information content (AvgIpc) is 2.62. The van der Waals surface area contributed by atoms with Crippen molar-refractivity contribution in [2.45, 2.75) is 32.6 Å². The zero-order chi connectivity index (χ0) is 13.7. The predicted octanol–water partition coefficient (Wildman–Crippen LogP) is 1.67. The van der Waals surface area contributed by atoms with Crippen molar-refractivity contribution in [2.75, 3.05) is 0 Å². The molecule has 0 bridgehead atoms. The fraction of sp³-hybridized carbons (Fsp3) is 0.500. The van der Waals surface area contributed by atoms with Gasteiger partial charge < -0.3 is 11.5 Å². The number of halogens is 1. The lowest BCUT2D eigenvalue weighted by atomic mass is 10.3. The summed E-state index contributed by atoms with van der Waals surface area (Å²) in [5, 5.41) is 12.2. The van der Waals surface area contributed by atoms with Crippen molar-refractivity contribution in [3.05, 3.63) is 15.9 Å². The van der Waals surface area contributed by atoms with E-state index in [1.54, 1.807) is 0 Å². The molecule has 1 aromatic heterocycles. The molecule has 1 heterocycles. The molecule has 0 saturated heterocycles. The van der Waals surface area contributed by atoms with E-state index in [0.29, 0.717) is 5.75 Å². The molecule has 0 atom stereocenters. The molecule has 8 heteroatoms. The topological polar surface area (TPSA) is 106 Å². The summed E-state index contributed by atoms with van der Waals surface area (Å²) >= 11 is 4.82. The highest BCUT2D eigenvalue weighted by Gasteiger charge is 2.14. The number of nitrogens with zero attached hydrogens (tertiary/aromatic N) is 3. The van der Waals surface area contributed by atoms with Crippen LogP contribution in [0.1, 0.15) is 25.2 Å². The molecule has 0 aliphatic carbocycles. The Bertz CT molecular complexity index is 463. The number of hydrogen-bond acceptors (Lipinski definition) is 3. The minimum Gasteiger partial charge on any atom is -0.370 e. The van der Waals surface area contributed by atoms with Crippen LogP contribution in [0.25, 0.3) is 0 Å². The lowest BCUT2D eigenvalue weighted by Crippen LogP contribution is -2.23. The minimum absolute atomic E-state index is 0.0928. The molecule has 0 amide bonds. The average molecular weight is 333 g/mol. The maximum atomic E-state index is 7.59. The van der Waals surface area contributed by atoms with E-state index in [1.165, 1.54) is 11.8 Å². The van der Waals surface area contributed by atoms with Crippen molar-refractivity contribution >= 4 is 38.8 Å². The summed E-state index contributed by atoms with van der Waals surface area (Å²) in [7, 11) is 0. The summed E-state index contributed by atoms with van der Waals surface area (Å²) in [6, 6.07) is 0. The molecule has 0 aromatic carbocycles. The molecule has 6 nitrogen and oxygen atoms in total. The largest absolute Gasteiger partial charge is 0.370 e. The van der Waals surface area contributed by atoms with Gasteiger partial charge in [0.2, 0.25) is 0 Å². The third-order valence-corrected chi connectivity index (χ3v) is 3.97. The zero-order valence-corrected chi connectivity index (χ0v) is 12.8. The van der Waals surface area contributed by atoms with E-state index < -0.39 is 0 Å². The van der Waals surface area contributed by atoms with Crippen molar-refractivity contribution < 1.29 is 0 Å². The smallest absolute Gasteiger partial charge is 0.193 e. The molecule has 0 unspecified atom stereocenters. The molecule has 0 saturated carbocycles. The summed E-state index contributed by atoms with van der Waals surface area (Å²) in [6.07, 6.45) is 0.872. The van der Waals surface area contributed by atoms with Crippen LogP contribution in [0.2, 0.25) is 0 Å². The standard InChI is InChI=1S/C10H17BrN6S/c1-3-6-8(11)7(17(4-2)16-6)5-18-10(14)15-9(12)13/h3-5H2,1-2H3,(H5,12,13,14,15). The van der Waals surface area contributed by atoms with Crippen LogP contribution in [-0.4, -0.2) is 20.9 Å². The van der Waals surface area contributed by atoms with Gasteiger partial charge in [-0.1, -0.05) is 18.7 Å². The molecular weight excluding hydrogens is 316 g/mol. The molecule has 0 radical (unpaired) electrons. The summed E-state index contributed by atoms with van der Waals surface area (Å²) in [5.74, 6) is 0.515. The van der Waals surface area contributed by atoms with E-state index in [4.69, 9.17) is 16.9 Å². The van der Waals surface area contributed by atoms with Crippen LogP contribution in [-0.2, 0) is 18.7 Å². The number of aryl methyl sites for hydroxylation is 2. The Morgan fingerprint density at radius 2 is 2.17 bits per heavy atom. The number of hydrogen-bond donors (Lipinski definition) is 3. The number of amidine groups is 1. The van der Waals surface area contributed by atoms with Gasteiger partial charge in [-0.15, -0.1) is 0 Å². The summed E-state index contributed by atoms with van der Waals surface area (Å²) < 4.78 is 2.94. The van der Waals surface area contributed by atoms with E-state index in [9.17, 15) is 0 Å². The van der Waals surface area contributed by atoms with Gasteiger partial charge in [-0.3, -0.25) is 10.1 Å². The third-order valence-electron chi connectivity index (χ3n) is 2.27. The second kappa shape index (κ2) is 6.79. The zero-order valence-electron chi connectivity index (χ0n) is 10.4. The first-order chi connectivity index (χ1) is 8.49. The van der Waals surface area contributed by atoms with Crippen LogP contribution < -0.4 is 11.5 Å². The minimum atomic E-state index is -0.0928. The van der Waals surface area contributed by atoms with E-state index in [2.05, 4.69) is 32.9 Å². The molecule has 1 rings (SSSR count). The van der Waals surface area contributed by atoms with E-state index >= 15 is 0 Å². The molecular formula is C10H17BrN6S. The first kappa shape index (κ1) is 15.0. The Morgan fingerprint density at radius 3 is 2.67 bits per heavy atom. The molecule has 100 valence electrons. The summed E-state index contributed by atoms with van der Waals surface area (Å²) in [5.41, 5.74) is 12.5. The van der Waals surface area contributed by atoms with Gasteiger partial charge in [0, 0.05) is 12.3 Å². The number of nitrogens with two attached hydrogens (primary N) is 2. The van der Waals surface area contributed by atoms with Crippen LogP contribution in [0.4, 0.5) is 0 Å². The highest BCUT2D eigenvalue weighted by Crippen LogP contribution is 2.26. The summed E-state index contributed by atoms with van der Waals surface area (Å²) in [4.78, 5) is 3.68. The maximum Gasteiger partial charge on any atom is 0.193 e. The van der Waals surface area contributed by atoms with Gasteiger partial charge >= 0.3 is 0 Å². The van der Waals surface area contributed by atoms with Crippen molar-refractivity contribution in [1.82, 2.24) is 9.78 Å². The Kier molecular flexibility index (Phi) is 5.67. The first-order valence-electron chi connectivity index (χ1n) is 5.54. The maximum absolute atomic E-state index is 7.59. The van der Waals surface area contributed by atoms with Gasteiger partial charge in [-0.25, -0.2) is 0 Å². The fourth-order valence-corrected chi connectivity index (χ4v) is 3.07. The van der Waals surface area contributed by atoms with E-state index in [0.717, 1.165) is 28.8 Å². The van der Waals surface area contributed by atoms with E-state index in [1.807, 2.05) is 11.6 Å². The van der Waals surface area contributed by atoms with Gasteiger partial charge in [-0.2, -0.15) is 10.1 Å². The van der Waals surface area contributed by atoms with E-state index in [-0.39, 0.29) is 11.1 Å². The third kappa shape index (κ3) is 3.74. The lowest BCUT2D eigenvalue weighted by molar-refractivity contribution is 0.628. The predicted molar refractivity (Wildman–Crippen MR) is 79.8 cm³/mol. The Hall–Kier alpha value is -1.02. The van der Waals surface area contributed by atoms with Gasteiger partial charge in [0.15, 0.2) is 11.1 Å². The van der Waals surface area contributed by atoms with Gasteiger partial charge in [0.05, 0.1) is 15.9 Å². The van der Waals surface area contributed by atoms with Crippen LogP contribution in [0.15, 0.2) is 9.47 Å². The van der Waals surface area contributed by atoms with Gasteiger partial charge in [0.1, 0.15) is 0 Å². The number of nitrogens with one attached hydrogen (secondary N) is 1. The summed E-state index contributed by atoms with van der Waals surface area (Å²) in [6.45, 7) is 4.89. The molecule has 0 spiro atoms. The normalized spacial score (nSPS) is 10.4. The molecule has 1 aromatic rings. The monoisotopic (exact) mass is 332 g/mol. The number of aliphatic imine (C=N–C) groups is 1. The number of thioether (sulfide) groups is 1. The second-order valence-corrected chi connectivity index (χ2v) is 5.26. The highest BCUT2D eigenvalue weighted by atomic mass is 79.9. The van der Waals surface area contributed by atoms with Crippen LogP contribution in [0.3, 0.4) is 0 Å². The lowest BCUT2D eigenvalue weighted by Gasteiger charge is -2.04. The molecule has 0 aliphatic heterocycles. The fourth-order valence-electron chi connectivity index (χ4n) is 1.44. The number of aromatic nitrogens is 2.